The lowest BCUT2D eigenvalue weighted by Crippen LogP contribution is -2.39. The maximum atomic E-state index is 12.2. The average molecular weight is 301 g/mol. The van der Waals surface area contributed by atoms with Gasteiger partial charge < -0.3 is 16.2 Å². The fraction of sp³-hybridized carbons (Fsp3) is 0.417. The summed E-state index contributed by atoms with van der Waals surface area (Å²) in [5.74, 6) is -0.535. The topological polar surface area (TPSA) is 125 Å². The molecular weight excluding hydrogens is 282 g/mol. The molecule has 0 heterocycles. The van der Waals surface area contributed by atoms with Crippen LogP contribution in [0.15, 0.2) is 23.1 Å². The lowest BCUT2D eigenvalue weighted by molar-refractivity contribution is 0.0997. The predicted molar refractivity (Wildman–Crippen MR) is 75.0 cm³/mol. The first-order valence-electron chi connectivity index (χ1n) is 6.06. The second-order valence-corrected chi connectivity index (χ2v) is 5.90. The third kappa shape index (κ3) is 3.69. The summed E-state index contributed by atoms with van der Waals surface area (Å²) in [4.78, 5) is 11.2. The minimum atomic E-state index is -3.76. The second kappa shape index (κ2) is 6.69. The van der Waals surface area contributed by atoms with Gasteiger partial charge in [-0.15, -0.1) is 0 Å². The van der Waals surface area contributed by atoms with Gasteiger partial charge in [-0.1, -0.05) is 6.92 Å². The van der Waals surface area contributed by atoms with E-state index in [2.05, 4.69) is 4.72 Å². The summed E-state index contributed by atoms with van der Waals surface area (Å²) in [7, 11) is -2.39. The van der Waals surface area contributed by atoms with Crippen molar-refractivity contribution < 1.29 is 17.9 Å². The Balaban J connectivity index is 3.19. The van der Waals surface area contributed by atoms with Crippen molar-refractivity contribution in [1.29, 1.82) is 0 Å². The summed E-state index contributed by atoms with van der Waals surface area (Å²) in [6.07, 6.45) is 0.564. The zero-order valence-electron chi connectivity index (χ0n) is 11.4. The van der Waals surface area contributed by atoms with Crippen LogP contribution in [-0.4, -0.2) is 34.0 Å². The Morgan fingerprint density at radius 1 is 1.45 bits per heavy atom. The van der Waals surface area contributed by atoms with E-state index in [1.807, 2.05) is 6.92 Å². The van der Waals surface area contributed by atoms with E-state index in [0.29, 0.717) is 6.42 Å². The number of primary amides is 1. The quantitative estimate of drug-likeness (QED) is 0.644. The van der Waals surface area contributed by atoms with E-state index >= 15 is 0 Å². The third-order valence-corrected chi connectivity index (χ3v) is 4.36. The van der Waals surface area contributed by atoms with Gasteiger partial charge in [0.25, 0.3) is 5.91 Å². The Morgan fingerprint density at radius 2 is 2.10 bits per heavy atom. The van der Waals surface area contributed by atoms with Crippen LogP contribution in [0.1, 0.15) is 23.7 Å². The van der Waals surface area contributed by atoms with Crippen LogP contribution in [-0.2, 0) is 10.0 Å². The molecule has 112 valence electrons. The highest BCUT2D eigenvalue weighted by atomic mass is 32.2. The molecule has 0 radical (unpaired) electrons. The van der Waals surface area contributed by atoms with E-state index in [1.165, 1.54) is 25.3 Å². The molecule has 0 saturated carbocycles. The van der Waals surface area contributed by atoms with Gasteiger partial charge in [0.1, 0.15) is 5.75 Å². The van der Waals surface area contributed by atoms with Crippen molar-refractivity contribution in [2.45, 2.75) is 24.3 Å². The van der Waals surface area contributed by atoms with E-state index in [1.54, 1.807) is 0 Å². The molecule has 1 unspecified atom stereocenters. The number of methoxy groups -OCH3 is 1. The molecule has 7 nitrogen and oxygen atoms in total. The van der Waals surface area contributed by atoms with E-state index in [4.69, 9.17) is 16.2 Å². The minimum Gasteiger partial charge on any atom is -0.496 e. The van der Waals surface area contributed by atoms with Gasteiger partial charge in [0.15, 0.2) is 0 Å². The predicted octanol–water partition coefficient (Wildman–Crippen LogP) is -0.190. The zero-order valence-corrected chi connectivity index (χ0v) is 12.2. The van der Waals surface area contributed by atoms with Crippen LogP contribution in [0.4, 0.5) is 0 Å². The van der Waals surface area contributed by atoms with E-state index in [0.717, 1.165) is 0 Å². The minimum absolute atomic E-state index is 0.0103. The fourth-order valence-corrected chi connectivity index (χ4v) is 2.99. The molecule has 0 spiro atoms. The number of nitrogens with two attached hydrogens (primary N) is 2. The van der Waals surface area contributed by atoms with Crippen molar-refractivity contribution in [3.8, 4) is 5.75 Å². The SMILES string of the molecule is CCC(CN)NS(=O)(=O)c1ccc(OC)c(C(N)=O)c1. The molecule has 0 aromatic heterocycles. The molecule has 0 aliphatic carbocycles. The third-order valence-electron chi connectivity index (χ3n) is 2.85. The Hall–Kier alpha value is -1.64. The van der Waals surface area contributed by atoms with E-state index < -0.39 is 15.9 Å². The van der Waals surface area contributed by atoms with E-state index in [-0.39, 0.29) is 28.8 Å². The van der Waals surface area contributed by atoms with Crippen LogP contribution in [0.3, 0.4) is 0 Å². The molecule has 1 rings (SSSR count). The van der Waals surface area contributed by atoms with Gasteiger partial charge in [0.2, 0.25) is 10.0 Å². The summed E-state index contributed by atoms with van der Waals surface area (Å²) in [6, 6.07) is 3.56. The molecule has 20 heavy (non-hydrogen) atoms. The number of ether oxygens (including phenoxy) is 1. The maximum absolute atomic E-state index is 12.2. The number of carbonyl (C=O) groups is 1. The average Bonchev–Trinajstić information content (AvgIpc) is 2.43. The van der Waals surface area contributed by atoms with Crippen molar-refractivity contribution >= 4 is 15.9 Å². The van der Waals surface area contributed by atoms with Crippen LogP contribution in [0, 0.1) is 0 Å². The van der Waals surface area contributed by atoms with Crippen LogP contribution < -0.4 is 20.9 Å². The van der Waals surface area contributed by atoms with Crippen molar-refractivity contribution in [3.05, 3.63) is 23.8 Å². The lowest BCUT2D eigenvalue weighted by atomic mass is 10.2. The van der Waals surface area contributed by atoms with Crippen LogP contribution in [0.5, 0.6) is 5.75 Å². The summed E-state index contributed by atoms with van der Waals surface area (Å²) in [6.45, 7) is 2.01. The van der Waals surface area contributed by atoms with Gasteiger partial charge in [-0.2, -0.15) is 0 Å². The Labute approximate surface area is 118 Å². The van der Waals surface area contributed by atoms with Crippen molar-refractivity contribution in [3.63, 3.8) is 0 Å². The maximum Gasteiger partial charge on any atom is 0.252 e. The molecule has 0 fully saturated rings. The molecule has 0 bridgehead atoms. The fourth-order valence-electron chi connectivity index (χ4n) is 1.63. The Kier molecular flexibility index (Phi) is 5.49. The van der Waals surface area contributed by atoms with Gasteiger partial charge in [-0.3, -0.25) is 4.79 Å². The molecule has 1 aromatic carbocycles. The highest BCUT2D eigenvalue weighted by Gasteiger charge is 2.21. The molecule has 1 aromatic rings. The first-order valence-corrected chi connectivity index (χ1v) is 7.54. The first-order chi connectivity index (χ1) is 9.35. The van der Waals surface area contributed by atoms with Crippen molar-refractivity contribution in [1.82, 2.24) is 4.72 Å². The van der Waals surface area contributed by atoms with Crippen molar-refractivity contribution in [2.24, 2.45) is 11.5 Å². The smallest absolute Gasteiger partial charge is 0.252 e. The number of amides is 1. The molecule has 0 saturated heterocycles. The number of benzene rings is 1. The number of carbonyl (C=O) groups excluding carboxylic acids is 1. The highest BCUT2D eigenvalue weighted by molar-refractivity contribution is 7.89. The van der Waals surface area contributed by atoms with Gasteiger partial charge in [0.05, 0.1) is 17.6 Å². The largest absolute Gasteiger partial charge is 0.496 e. The van der Waals surface area contributed by atoms with Crippen LogP contribution in [0.25, 0.3) is 0 Å². The molecule has 1 atom stereocenters. The summed E-state index contributed by atoms with van der Waals surface area (Å²) < 4.78 is 31.8. The number of hydrogen-bond donors (Lipinski definition) is 3. The van der Waals surface area contributed by atoms with Crippen LogP contribution >= 0.6 is 0 Å². The molecule has 0 aliphatic heterocycles. The van der Waals surface area contributed by atoms with Gasteiger partial charge in [-0.25, -0.2) is 13.1 Å². The summed E-state index contributed by atoms with van der Waals surface area (Å²) >= 11 is 0. The lowest BCUT2D eigenvalue weighted by Gasteiger charge is -2.15. The summed E-state index contributed by atoms with van der Waals surface area (Å²) in [5, 5.41) is 0. The number of nitrogens with one attached hydrogen (secondary N) is 1. The Bertz CT molecular complexity index is 582. The second-order valence-electron chi connectivity index (χ2n) is 4.19. The normalized spacial score (nSPS) is 12.9. The van der Waals surface area contributed by atoms with E-state index in [9.17, 15) is 13.2 Å². The molecule has 0 aliphatic rings. The number of rotatable bonds is 7. The summed E-state index contributed by atoms with van der Waals surface area (Å²) in [5.41, 5.74) is 10.7. The Morgan fingerprint density at radius 3 is 2.55 bits per heavy atom. The van der Waals surface area contributed by atoms with Crippen molar-refractivity contribution in [2.75, 3.05) is 13.7 Å². The number of sulfonamides is 1. The van der Waals surface area contributed by atoms with Gasteiger partial charge >= 0.3 is 0 Å². The zero-order chi connectivity index (χ0) is 15.3. The standard InChI is InChI=1S/C12H19N3O4S/c1-3-8(7-13)15-20(17,18)9-4-5-11(19-2)10(6-9)12(14)16/h4-6,8,15H,3,7,13H2,1-2H3,(H2,14,16). The molecular formula is C12H19N3O4S. The van der Waals surface area contributed by atoms with Gasteiger partial charge in [0, 0.05) is 12.6 Å². The van der Waals surface area contributed by atoms with Crippen LogP contribution in [0.2, 0.25) is 0 Å². The molecule has 8 heteroatoms. The molecule has 5 N–H and O–H groups in total. The molecule has 1 amide bonds. The highest BCUT2D eigenvalue weighted by Crippen LogP contribution is 2.22. The monoisotopic (exact) mass is 301 g/mol. The van der Waals surface area contributed by atoms with Gasteiger partial charge in [-0.05, 0) is 24.6 Å². The number of hydrogen-bond acceptors (Lipinski definition) is 5. The first kappa shape index (κ1) is 16.4.